The molecule has 0 aliphatic carbocycles. The first-order valence-corrected chi connectivity index (χ1v) is 8.13. The molecule has 130 valence electrons. The van der Waals surface area contributed by atoms with E-state index in [1.165, 1.54) is 0 Å². The first-order chi connectivity index (χ1) is 11.9. The molecule has 2 rings (SSSR count). The van der Waals surface area contributed by atoms with E-state index in [4.69, 9.17) is 0 Å². The molecule has 0 aliphatic rings. The van der Waals surface area contributed by atoms with E-state index in [-0.39, 0.29) is 18.4 Å². The predicted molar refractivity (Wildman–Crippen MR) is 99.1 cm³/mol. The van der Waals surface area contributed by atoms with Crippen molar-refractivity contribution in [3.63, 3.8) is 0 Å². The number of nitrogens with zero attached hydrogens (tertiary/aromatic N) is 1. The van der Waals surface area contributed by atoms with Gasteiger partial charge in [0.05, 0.1) is 12.3 Å². The number of nitrogens with one attached hydrogen (secondary N) is 2. The number of rotatable bonds is 5. The fourth-order valence-electron chi connectivity index (χ4n) is 2.07. The molecule has 25 heavy (non-hydrogen) atoms. The lowest BCUT2D eigenvalue weighted by molar-refractivity contribution is -0.131. The minimum Gasteiger partial charge on any atom is -0.347 e. The summed E-state index contributed by atoms with van der Waals surface area (Å²) in [5, 5.41) is 6.88. The van der Waals surface area contributed by atoms with E-state index < -0.39 is 5.41 Å². The molecule has 0 aliphatic heterocycles. The summed E-state index contributed by atoms with van der Waals surface area (Å²) in [5.74, 6) is -0.556. The molecule has 0 fully saturated rings. The maximum atomic E-state index is 12.0. The summed E-state index contributed by atoms with van der Waals surface area (Å²) < 4.78 is 0. The monoisotopic (exact) mass is 337 g/mol. The number of carbonyl (C=O) groups is 2. The lowest BCUT2D eigenvalue weighted by Gasteiger charge is -2.17. The van der Waals surface area contributed by atoms with Crippen LogP contribution in [0.4, 0.5) is 0 Å². The molecule has 2 aromatic carbocycles. The van der Waals surface area contributed by atoms with Crippen LogP contribution in [0.5, 0.6) is 0 Å². The molecule has 5 heteroatoms. The SMILES string of the molecule is CC(C)(C)C(=O)NCC(=O)NN=C(c1ccccc1)c1ccccc1. The van der Waals surface area contributed by atoms with Crippen molar-refractivity contribution in [1.29, 1.82) is 0 Å². The van der Waals surface area contributed by atoms with E-state index in [2.05, 4.69) is 15.8 Å². The highest BCUT2D eigenvalue weighted by Gasteiger charge is 2.21. The van der Waals surface area contributed by atoms with Crippen molar-refractivity contribution in [2.45, 2.75) is 20.8 Å². The third-order valence-electron chi connectivity index (χ3n) is 3.48. The molecule has 2 amide bonds. The smallest absolute Gasteiger partial charge is 0.259 e. The van der Waals surface area contributed by atoms with Gasteiger partial charge in [-0.15, -0.1) is 0 Å². The standard InChI is InChI=1S/C20H23N3O2/c1-20(2,3)19(25)21-14-17(24)22-23-18(15-10-6-4-7-11-15)16-12-8-5-9-13-16/h4-13H,14H2,1-3H3,(H,21,25)(H,22,24). The average molecular weight is 337 g/mol. The Morgan fingerprint density at radius 2 is 1.36 bits per heavy atom. The maximum absolute atomic E-state index is 12.0. The van der Waals surface area contributed by atoms with Crippen molar-refractivity contribution in [1.82, 2.24) is 10.7 Å². The number of carbonyl (C=O) groups excluding carboxylic acids is 2. The summed E-state index contributed by atoms with van der Waals surface area (Å²) in [6.45, 7) is 5.26. The molecule has 0 spiro atoms. The number of benzene rings is 2. The first kappa shape index (κ1) is 18.4. The van der Waals surface area contributed by atoms with Crippen molar-refractivity contribution in [2.75, 3.05) is 6.54 Å². The zero-order valence-electron chi connectivity index (χ0n) is 14.7. The summed E-state index contributed by atoms with van der Waals surface area (Å²) in [6, 6.07) is 19.2. The third-order valence-corrected chi connectivity index (χ3v) is 3.48. The van der Waals surface area contributed by atoms with E-state index in [0.29, 0.717) is 5.71 Å². The number of hydrogen-bond acceptors (Lipinski definition) is 3. The molecule has 0 bridgehead atoms. The van der Waals surface area contributed by atoms with Crippen LogP contribution in [0.3, 0.4) is 0 Å². The topological polar surface area (TPSA) is 70.6 Å². The Labute approximate surface area is 148 Å². The summed E-state index contributed by atoms with van der Waals surface area (Å²) in [6.07, 6.45) is 0. The Kier molecular flexibility index (Phi) is 6.06. The molecule has 0 heterocycles. The summed E-state index contributed by atoms with van der Waals surface area (Å²) in [4.78, 5) is 23.8. The lowest BCUT2D eigenvalue weighted by atomic mass is 9.96. The third kappa shape index (κ3) is 5.57. The van der Waals surface area contributed by atoms with Crippen LogP contribution < -0.4 is 10.7 Å². The van der Waals surface area contributed by atoms with Crippen molar-refractivity contribution < 1.29 is 9.59 Å². The van der Waals surface area contributed by atoms with Crippen molar-refractivity contribution in [2.24, 2.45) is 10.5 Å². The highest BCUT2D eigenvalue weighted by atomic mass is 16.2. The van der Waals surface area contributed by atoms with Gasteiger partial charge in [-0.3, -0.25) is 9.59 Å². The number of hydrazone groups is 1. The van der Waals surface area contributed by atoms with Gasteiger partial charge in [0.25, 0.3) is 5.91 Å². The van der Waals surface area contributed by atoms with Gasteiger partial charge in [0.15, 0.2) is 0 Å². The van der Waals surface area contributed by atoms with Crippen LogP contribution in [-0.2, 0) is 9.59 Å². The fraction of sp³-hybridized carbons (Fsp3) is 0.250. The minimum absolute atomic E-state index is 0.115. The van der Waals surface area contributed by atoms with Gasteiger partial charge in [-0.05, 0) is 0 Å². The molecular weight excluding hydrogens is 314 g/mol. The van der Waals surface area contributed by atoms with Crippen LogP contribution in [0, 0.1) is 5.41 Å². The van der Waals surface area contributed by atoms with Gasteiger partial charge in [0.2, 0.25) is 5.91 Å². The molecule has 0 aromatic heterocycles. The molecule has 2 N–H and O–H groups in total. The van der Waals surface area contributed by atoms with Crippen molar-refractivity contribution in [3.8, 4) is 0 Å². The second-order valence-corrected chi connectivity index (χ2v) is 6.66. The van der Waals surface area contributed by atoms with Gasteiger partial charge in [0, 0.05) is 16.5 Å². The van der Waals surface area contributed by atoms with Crippen LogP contribution in [0.1, 0.15) is 31.9 Å². The average Bonchev–Trinajstić information content (AvgIpc) is 2.61. The van der Waals surface area contributed by atoms with E-state index in [9.17, 15) is 9.59 Å². The Hall–Kier alpha value is -2.95. The highest BCUT2D eigenvalue weighted by molar-refractivity contribution is 6.13. The van der Waals surface area contributed by atoms with Gasteiger partial charge in [-0.1, -0.05) is 81.4 Å². The van der Waals surface area contributed by atoms with E-state index in [1.54, 1.807) is 20.8 Å². The zero-order chi connectivity index (χ0) is 18.3. The van der Waals surface area contributed by atoms with E-state index in [1.807, 2.05) is 60.7 Å². The van der Waals surface area contributed by atoms with Crippen LogP contribution in [0.2, 0.25) is 0 Å². The van der Waals surface area contributed by atoms with Crippen LogP contribution in [0.15, 0.2) is 65.8 Å². The Morgan fingerprint density at radius 3 is 1.80 bits per heavy atom. The van der Waals surface area contributed by atoms with Crippen LogP contribution in [0.25, 0.3) is 0 Å². The maximum Gasteiger partial charge on any atom is 0.259 e. The Bertz CT molecular complexity index is 706. The quantitative estimate of drug-likeness (QED) is 0.650. The van der Waals surface area contributed by atoms with E-state index >= 15 is 0 Å². The summed E-state index contributed by atoms with van der Waals surface area (Å²) in [5.41, 5.74) is 4.44. The molecule has 0 unspecified atom stereocenters. The van der Waals surface area contributed by atoms with Gasteiger partial charge < -0.3 is 5.32 Å². The number of amides is 2. The first-order valence-electron chi connectivity index (χ1n) is 8.13. The molecule has 0 radical (unpaired) electrons. The second kappa shape index (κ2) is 8.24. The molecule has 0 atom stereocenters. The Balaban J connectivity index is 2.11. The molecular formula is C20H23N3O2. The van der Waals surface area contributed by atoms with Gasteiger partial charge in [-0.2, -0.15) is 5.10 Å². The van der Waals surface area contributed by atoms with Crippen molar-refractivity contribution in [3.05, 3.63) is 71.8 Å². The summed E-state index contributed by atoms with van der Waals surface area (Å²) >= 11 is 0. The van der Waals surface area contributed by atoms with Gasteiger partial charge >= 0.3 is 0 Å². The molecule has 5 nitrogen and oxygen atoms in total. The van der Waals surface area contributed by atoms with E-state index in [0.717, 1.165) is 11.1 Å². The Morgan fingerprint density at radius 1 is 0.880 bits per heavy atom. The minimum atomic E-state index is -0.539. The lowest BCUT2D eigenvalue weighted by Crippen LogP contribution is -2.40. The molecule has 0 saturated carbocycles. The second-order valence-electron chi connectivity index (χ2n) is 6.66. The number of hydrogen-bond donors (Lipinski definition) is 2. The largest absolute Gasteiger partial charge is 0.347 e. The normalized spacial score (nSPS) is 10.7. The zero-order valence-corrected chi connectivity index (χ0v) is 14.7. The van der Waals surface area contributed by atoms with Crippen LogP contribution in [-0.4, -0.2) is 24.1 Å². The van der Waals surface area contributed by atoms with Gasteiger partial charge in [0.1, 0.15) is 0 Å². The predicted octanol–water partition coefficient (Wildman–Crippen LogP) is 2.72. The summed E-state index contributed by atoms with van der Waals surface area (Å²) in [7, 11) is 0. The van der Waals surface area contributed by atoms with Gasteiger partial charge in [-0.25, -0.2) is 5.43 Å². The highest BCUT2D eigenvalue weighted by Crippen LogP contribution is 2.12. The van der Waals surface area contributed by atoms with Crippen molar-refractivity contribution >= 4 is 17.5 Å². The van der Waals surface area contributed by atoms with Crippen LogP contribution >= 0.6 is 0 Å². The fourth-order valence-corrected chi connectivity index (χ4v) is 2.07. The molecule has 2 aromatic rings. The molecule has 0 saturated heterocycles.